The van der Waals surface area contributed by atoms with Gasteiger partial charge in [-0.25, -0.2) is 0 Å². The molecule has 2 aromatic rings. The van der Waals surface area contributed by atoms with Gasteiger partial charge in [0.15, 0.2) is 5.78 Å². The van der Waals surface area contributed by atoms with Gasteiger partial charge >= 0.3 is 0 Å². The first kappa shape index (κ1) is 11.3. The lowest BCUT2D eigenvalue weighted by molar-refractivity contribution is 0.0982. The van der Waals surface area contributed by atoms with E-state index in [1.807, 2.05) is 18.2 Å². The number of pyridine rings is 1. The van der Waals surface area contributed by atoms with Crippen LogP contribution in [0.3, 0.4) is 0 Å². The molecule has 3 nitrogen and oxygen atoms in total. The van der Waals surface area contributed by atoms with Crippen LogP contribution >= 0.6 is 0 Å². The molecule has 2 rings (SSSR count). The molecular weight excluding hydrogens is 214 g/mol. The maximum Gasteiger partial charge on any atom is 0.163 e. The molecule has 0 amide bonds. The number of phenolic OH excluding ortho intramolecular Hbond substituents is 1. The molecule has 1 aromatic heterocycles. The number of rotatable bonds is 4. The smallest absolute Gasteiger partial charge is 0.163 e. The summed E-state index contributed by atoms with van der Waals surface area (Å²) in [7, 11) is 0. The van der Waals surface area contributed by atoms with Crippen LogP contribution < -0.4 is 0 Å². The summed E-state index contributed by atoms with van der Waals surface area (Å²) in [5.41, 5.74) is 1.54. The highest BCUT2D eigenvalue weighted by atomic mass is 16.3. The molecule has 1 heterocycles. The second-order valence-corrected chi connectivity index (χ2v) is 3.79. The van der Waals surface area contributed by atoms with E-state index in [4.69, 9.17) is 5.11 Å². The average Bonchev–Trinajstić information content (AvgIpc) is 2.38. The van der Waals surface area contributed by atoms with Crippen LogP contribution in [0, 0.1) is 0 Å². The van der Waals surface area contributed by atoms with E-state index >= 15 is 0 Å². The zero-order valence-electron chi connectivity index (χ0n) is 9.34. The van der Waals surface area contributed by atoms with Crippen molar-refractivity contribution in [1.82, 2.24) is 4.98 Å². The Morgan fingerprint density at radius 3 is 2.53 bits per heavy atom. The third-order valence-electron chi connectivity index (χ3n) is 2.52. The maximum atomic E-state index is 11.8. The van der Waals surface area contributed by atoms with E-state index in [2.05, 4.69) is 4.98 Å². The number of nitrogens with zero attached hydrogens (tertiary/aromatic N) is 1. The van der Waals surface area contributed by atoms with E-state index in [1.165, 1.54) is 12.1 Å². The van der Waals surface area contributed by atoms with Crippen LogP contribution in [0.25, 0.3) is 0 Å². The molecule has 1 aromatic carbocycles. The molecule has 0 radical (unpaired) electrons. The molecule has 0 aliphatic carbocycles. The molecule has 0 bridgehead atoms. The van der Waals surface area contributed by atoms with E-state index < -0.39 is 0 Å². The van der Waals surface area contributed by atoms with Gasteiger partial charge in [-0.3, -0.25) is 9.78 Å². The Morgan fingerprint density at radius 2 is 1.88 bits per heavy atom. The number of carbonyl (C=O) groups excluding carboxylic acids is 1. The van der Waals surface area contributed by atoms with E-state index in [0.29, 0.717) is 18.4 Å². The molecular formula is C14H13NO2. The minimum atomic E-state index is 0.0654. The fourth-order valence-corrected chi connectivity index (χ4v) is 1.58. The van der Waals surface area contributed by atoms with Crippen molar-refractivity contribution in [2.45, 2.75) is 12.8 Å². The van der Waals surface area contributed by atoms with Crippen LogP contribution in [0.4, 0.5) is 0 Å². The molecule has 0 saturated heterocycles. The summed E-state index contributed by atoms with van der Waals surface area (Å²) in [6, 6.07) is 12.0. The number of hydrogen-bond acceptors (Lipinski definition) is 3. The van der Waals surface area contributed by atoms with Crippen molar-refractivity contribution in [3.05, 3.63) is 59.9 Å². The van der Waals surface area contributed by atoms with Crippen molar-refractivity contribution in [3.8, 4) is 5.75 Å². The van der Waals surface area contributed by atoms with Crippen molar-refractivity contribution in [1.29, 1.82) is 0 Å². The number of aromatic hydroxyl groups is 1. The van der Waals surface area contributed by atoms with Gasteiger partial charge in [0.2, 0.25) is 0 Å². The Balaban J connectivity index is 1.96. The molecule has 0 spiro atoms. The topological polar surface area (TPSA) is 50.2 Å². The Labute approximate surface area is 99.8 Å². The minimum Gasteiger partial charge on any atom is -0.508 e. The van der Waals surface area contributed by atoms with E-state index in [9.17, 15) is 4.79 Å². The number of phenols is 1. The number of ketones is 1. The van der Waals surface area contributed by atoms with Gasteiger partial charge in [0, 0.05) is 23.9 Å². The fourth-order valence-electron chi connectivity index (χ4n) is 1.58. The second kappa shape index (κ2) is 5.25. The Hall–Kier alpha value is -2.16. The van der Waals surface area contributed by atoms with E-state index in [0.717, 1.165) is 5.69 Å². The highest BCUT2D eigenvalue weighted by Crippen LogP contribution is 2.12. The van der Waals surface area contributed by atoms with Crippen molar-refractivity contribution in [3.63, 3.8) is 0 Å². The average molecular weight is 227 g/mol. The predicted octanol–water partition coefficient (Wildman–Crippen LogP) is 2.60. The molecule has 0 fully saturated rings. The highest BCUT2D eigenvalue weighted by molar-refractivity contribution is 5.96. The van der Waals surface area contributed by atoms with Crippen LogP contribution in [0.1, 0.15) is 22.5 Å². The van der Waals surface area contributed by atoms with Crippen LogP contribution in [-0.2, 0) is 6.42 Å². The highest BCUT2D eigenvalue weighted by Gasteiger charge is 2.06. The summed E-state index contributed by atoms with van der Waals surface area (Å²) in [6.07, 6.45) is 2.79. The molecule has 0 unspecified atom stereocenters. The summed E-state index contributed by atoms with van der Waals surface area (Å²) < 4.78 is 0. The van der Waals surface area contributed by atoms with Gasteiger partial charge in [-0.05, 0) is 42.8 Å². The second-order valence-electron chi connectivity index (χ2n) is 3.79. The summed E-state index contributed by atoms with van der Waals surface area (Å²) in [5, 5.41) is 9.13. The number of benzene rings is 1. The first-order chi connectivity index (χ1) is 8.25. The minimum absolute atomic E-state index is 0.0654. The summed E-state index contributed by atoms with van der Waals surface area (Å²) >= 11 is 0. The van der Waals surface area contributed by atoms with Gasteiger partial charge in [0.05, 0.1) is 0 Å². The quantitative estimate of drug-likeness (QED) is 0.817. The van der Waals surface area contributed by atoms with Gasteiger partial charge in [-0.2, -0.15) is 0 Å². The molecule has 17 heavy (non-hydrogen) atoms. The van der Waals surface area contributed by atoms with Crippen molar-refractivity contribution >= 4 is 5.78 Å². The molecule has 3 heteroatoms. The van der Waals surface area contributed by atoms with Gasteiger partial charge in [-0.1, -0.05) is 6.07 Å². The zero-order valence-corrected chi connectivity index (χ0v) is 9.34. The van der Waals surface area contributed by atoms with Gasteiger partial charge < -0.3 is 5.11 Å². The Kier molecular flexibility index (Phi) is 3.50. The lowest BCUT2D eigenvalue weighted by Crippen LogP contribution is -2.01. The molecule has 86 valence electrons. The zero-order chi connectivity index (χ0) is 12.1. The van der Waals surface area contributed by atoms with Crippen molar-refractivity contribution in [2.75, 3.05) is 0 Å². The number of hydrogen-bond donors (Lipinski definition) is 1. The first-order valence-electron chi connectivity index (χ1n) is 5.48. The monoisotopic (exact) mass is 227 g/mol. The van der Waals surface area contributed by atoms with Gasteiger partial charge in [0.25, 0.3) is 0 Å². The number of aryl methyl sites for hydroxylation is 1. The summed E-state index contributed by atoms with van der Waals surface area (Å²) in [6.45, 7) is 0. The lowest BCUT2D eigenvalue weighted by atomic mass is 10.1. The van der Waals surface area contributed by atoms with Gasteiger partial charge in [-0.15, -0.1) is 0 Å². The first-order valence-corrected chi connectivity index (χ1v) is 5.48. The number of aromatic nitrogens is 1. The molecule has 0 aliphatic heterocycles. The Bertz CT molecular complexity index is 491. The van der Waals surface area contributed by atoms with Crippen LogP contribution in [0.5, 0.6) is 5.75 Å². The normalized spacial score (nSPS) is 10.1. The molecule has 0 saturated carbocycles. The SMILES string of the molecule is O=C(CCc1ccccn1)c1ccc(O)cc1. The third-order valence-corrected chi connectivity index (χ3v) is 2.52. The molecule has 1 N–H and O–H groups in total. The largest absolute Gasteiger partial charge is 0.508 e. The van der Waals surface area contributed by atoms with E-state index in [-0.39, 0.29) is 11.5 Å². The van der Waals surface area contributed by atoms with E-state index in [1.54, 1.807) is 18.3 Å². The Morgan fingerprint density at radius 1 is 1.12 bits per heavy atom. The van der Waals surface area contributed by atoms with Crippen LogP contribution in [-0.4, -0.2) is 15.9 Å². The van der Waals surface area contributed by atoms with Crippen LogP contribution in [0.2, 0.25) is 0 Å². The van der Waals surface area contributed by atoms with Crippen molar-refractivity contribution < 1.29 is 9.90 Å². The maximum absolute atomic E-state index is 11.8. The van der Waals surface area contributed by atoms with Gasteiger partial charge in [0.1, 0.15) is 5.75 Å². The number of Topliss-reactive ketones (excluding diaryl/α,β-unsaturated/α-hetero) is 1. The molecule has 0 aliphatic rings. The summed E-state index contributed by atoms with van der Waals surface area (Å²) in [5.74, 6) is 0.238. The summed E-state index contributed by atoms with van der Waals surface area (Å²) in [4.78, 5) is 16.0. The third kappa shape index (κ3) is 3.14. The standard InChI is InChI=1S/C14H13NO2/c16-13-7-4-11(5-8-13)14(17)9-6-12-3-1-2-10-15-12/h1-5,7-8,10,16H,6,9H2. The fraction of sp³-hybridized carbons (Fsp3) is 0.143. The molecule has 0 atom stereocenters. The van der Waals surface area contributed by atoms with Crippen molar-refractivity contribution in [2.24, 2.45) is 0 Å². The number of carbonyl (C=O) groups is 1. The van der Waals surface area contributed by atoms with Crippen LogP contribution in [0.15, 0.2) is 48.7 Å². The lowest BCUT2D eigenvalue weighted by Gasteiger charge is -2.01. The predicted molar refractivity (Wildman–Crippen MR) is 65.0 cm³/mol.